The molecule has 1 aliphatic heterocycles. The van der Waals surface area contributed by atoms with E-state index in [1.807, 2.05) is 0 Å². The number of hydrogen-bond acceptors (Lipinski definition) is 5. The number of sulfone groups is 1. The van der Waals surface area contributed by atoms with Crippen LogP contribution in [0.4, 0.5) is 0 Å². The van der Waals surface area contributed by atoms with Crippen molar-refractivity contribution >= 4 is 44.9 Å². The molecule has 0 aromatic heterocycles. The van der Waals surface area contributed by atoms with Gasteiger partial charge in [0.1, 0.15) is 5.75 Å². The van der Waals surface area contributed by atoms with Gasteiger partial charge in [0.2, 0.25) is 5.91 Å². The van der Waals surface area contributed by atoms with Gasteiger partial charge in [0.15, 0.2) is 9.84 Å². The number of carbonyl (C=O) groups excluding carboxylic acids is 2. The first-order valence-corrected chi connectivity index (χ1v) is 12.1. The van der Waals surface area contributed by atoms with E-state index in [2.05, 4.69) is 5.32 Å². The normalized spacial score (nSPS) is 16.3. The molecule has 0 saturated carbocycles. The van der Waals surface area contributed by atoms with E-state index in [0.717, 1.165) is 5.41 Å². The van der Waals surface area contributed by atoms with Crippen LogP contribution in [-0.4, -0.2) is 51.9 Å². The monoisotopic (exact) mass is 496 g/mol. The maximum absolute atomic E-state index is 12.8. The van der Waals surface area contributed by atoms with Crippen LogP contribution in [0.5, 0.6) is 5.75 Å². The molecule has 2 aromatic rings. The minimum atomic E-state index is -3.62. The average molecular weight is 497 g/mol. The van der Waals surface area contributed by atoms with E-state index in [9.17, 15) is 18.0 Å². The number of rotatable bonds is 7. The highest BCUT2D eigenvalue weighted by Gasteiger charge is 2.32. The summed E-state index contributed by atoms with van der Waals surface area (Å²) in [6.07, 6.45) is 1.88. The van der Waals surface area contributed by atoms with E-state index in [1.54, 1.807) is 23.1 Å². The van der Waals surface area contributed by atoms with Crippen LogP contribution in [0.2, 0.25) is 10.0 Å². The van der Waals surface area contributed by atoms with Crippen molar-refractivity contribution in [2.75, 3.05) is 26.7 Å². The summed E-state index contributed by atoms with van der Waals surface area (Å²) in [4.78, 5) is 27.0. The molecule has 0 radical (unpaired) electrons. The Kier molecular flexibility index (Phi) is 7.82. The molecule has 2 aromatic carbocycles. The molecule has 2 amide bonds. The number of benzene rings is 2. The smallest absolute Gasteiger partial charge is 0.257 e. The molecule has 3 rings (SSSR count). The maximum atomic E-state index is 12.8. The Morgan fingerprint density at radius 2 is 1.84 bits per heavy atom. The van der Waals surface area contributed by atoms with E-state index in [-0.39, 0.29) is 35.7 Å². The number of methoxy groups -OCH3 is 1. The van der Waals surface area contributed by atoms with Crippen LogP contribution in [-0.2, 0) is 14.6 Å². The Morgan fingerprint density at radius 3 is 2.53 bits per heavy atom. The first-order chi connectivity index (χ1) is 15.2. The molecule has 1 heterocycles. The Morgan fingerprint density at radius 1 is 1.16 bits per heavy atom. The van der Waals surface area contributed by atoms with E-state index in [4.69, 9.17) is 27.9 Å². The Hall–Kier alpha value is -2.55. The van der Waals surface area contributed by atoms with E-state index in [0.29, 0.717) is 34.3 Å². The highest BCUT2D eigenvalue weighted by Crippen LogP contribution is 2.27. The van der Waals surface area contributed by atoms with Crippen LogP contribution in [0.15, 0.2) is 58.8 Å². The summed E-state index contributed by atoms with van der Waals surface area (Å²) >= 11 is 11.8. The SMILES string of the molecule is COc1ccc(Cl)cc1C(=O)N1CCC(C(=O)NC/C=C/S(=O)(=O)c2ccc(Cl)cc2)C1. The number of likely N-dealkylation sites (tertiary alicyclic amines) is 1. The van der Waals surface area contributed by atoms with Gasteiger partial charge in [-0.1, -0.05) is 29.3 Å². The molecule has 0 aliphatic carbocycles. The molecule has 0 spiro atoms. The van der Waals surface area contributed by atoms with Crippen LogP contribution in [0, 0.1) is 5.92 Å². The van der Waals surface area contributed by atoms with Gasteiger partial charge in [0.05, 0.1) is 23.5 Å². The fourth-order valence-electron chi connectivity index (χ4n) is 3.36. The molecule has 170 valence electrons. The summed E-state index contributed by atoms with van der Waals surface area (Å²) in [7, 11) is -2.15. The topological polar surface area (TPSA) is 92.8 Å². The van der Waals surface area contributed by atoms with Crippen molar-refractivity contribution in [3.63, 3.8) is 0 Å². The number of amides is 2. The van der Waals surface area contributed by atoms with E-state index >= 15 is 0 Å². The minimum absolute atomic E-state index is 0.0538. The number of ether oxygens (including phenoxy) is 1. The number of carbonyl (C=O) groups is 2. The van der Waals surface area contributed by atoms with Gasteiger partial charge < -0.3 is 15.0 Å². The molecule has 1 saturated heterocycles. The molecular weight excluding hydrogens is 475 g/mol. The van der Waals surface area contributed by atoms with Gasteiger partial charge in [-0.05, 0) is 48.9 Å². The van der Waals surface area contributed by atoms with Crippen molar-refractivity contribution in [2.24, 2.45) is 5.92 Å². The van der Waals surface area contributed by atoms with Crippen molar-refractivity contribution in [1.29, 1.82) is 0 Å². The van der Waals surface area contributed by atoms with Crippen LogP contribution in [0.1, 0.15) is 16.8 Å². The molecule has 32 heavy (non-hydrogen) atoms. The zero-order valence-corrected chi connectivity index (χ0v) is 19.6. The number of nitrogens with zero attached hydrogens (tertiary/aromatic N) is 1. The van der Waals surface area contributed by atoms with Gasteiger partial charge in [-0.15, -0.1) is 0 Å². The maximum Gasteiger partial charge on any atom is 0.257 e. The molecular formula is C22H22Cl2N2O5S. The molecule has 7 nitrogen and oxygen atoms in total. The fourth-order valence-corrected chi connectivity index (χ4v) is 4.68. The molecule has 1 unspecified atom stereocenters. The Labute approximate surface area is 196 Å². The van der Waals surface area contributed by atoms with Crippen LogP contribution >= 0.6 is 23.2 Å². The summed E-state index contributed by atoms with van der Waals surface area (Å²) in [5.41, 5.74) is 0.344. The third-order valence-electron chi connectivity index (χ3n) is 5.05. The zero-order chi connectivity index (χ0) is 23.3. The van der Waals surface area contributed by atoms with Gasteiger partial charge in [-0.2, -0.15) is 0 Å². The quantitative estimate of drug-likeness (QED) is 0.632. The summed E-state index contributed by atoms with van der Waals surface area (Å²) in [6.45, 7) is 0.735. The minimum Gasteiger partial charge on any atom is -0.496 e. The van der Waals surface area contributed by atoms with Crippen LogP contribution < -0.4 is 10.1 Å². The molecule has 1 fully saturated rings. The molecule has 0 bridgehead atoms. The van der Waals surface area contributed by atoms with Gasteiger partial charge in [0, 0.05) is 35.1 Å². The van der Waals surface area contributed by atoms with E-state index in [1.165, 1.54) is 37.5 Å². The summed E-state index contributed by atoms with van der Waals surface area (Å²) in [6, 6.07) is 10.6. The summed E-state index contributed by atoms with van der Waals surface area (Å²) in [5, 5.41) is 4.60. The third kappa shape index (κ3) is 5.82. The van der Waals surface area contributed by atoms with Crippen molar-refractivity contribution in [2.45, 2.75) is 11.3 Å². The lowest BCUT2D eigenvalue weighted by molar-refractivity contribution is -0.124. The fraction of sp³-hybridized carbons (Fsp3) is 0.273. The molecule has 10 heteroatoms. The number of hydrogen-bond donors (Lipinski definition) is 1. The molecule has 1 atom stereocenters. The zero-order valence-electron chi connectivity index (χ0n) is 17.3. The van der Waals surface area contributed by atoms with Gasteiger partial charge >= 0.3 is 0 Å². The lowest BCUT2D eigenvalue weighted by Gasteiger charge is -2.18. The van der Waals surface area contributed by atoms with Gasteiger partial charge in [0.25, 0.3) is 5.91 Å². The Balaban J connectivity index is 1.54. The van der Waals surface area contributed by atoms with Crippen molar-refractivity contribution in [3.8, 4) is 5.75 Å². The van der Waals surface area contributed by atoms with E-state index < -0.39 is 9.84 Å². The summed E-state index contributed by atoms with van der Waals surface area (Å²) in [5.74, 6) is -0.467. The van der Waals surface area contributed by atoms with Crippen molar-refractivity contribution < 1.29 is 22.7 Å². The lowest BCUT2D eigenvalue weighted by Crippen LogP contribution is -2.34. The first-order valence-electron chi connectivity index (χ1n) is 9.79. The molecule has 1 N–H and O–H groups in total. The Bertz CT molecular complexity index is 1130. The van der Waals surface area contributed by atoms with Crippen LogP contribution in [0.3, 0.4) is 0 Å². The van der Waals surface area contributed by atoms with Crippen LogP contribution in [0.25, 0.3) is 0 Å². The highest BCUT2D eigenvalue weighted by molar-refractivity contribution is 7.94. The predicted octanol–water partition coefficient (Wildman–Crippen LogP) is 3.57. The second-order valence-corrected chi connectivity index (χ2v) is 9.90. The summed E-state index contributed by atoms with van der Waals surface area (Å²) < 4.78 is 29.8. The van der Waals surface area contributed by atoms with Crippen molar-refractivity contribution in [3.05, 3.63) is 69.6 Å². The number of halogens is 2. The average Bonchev–Trinajstić information content (AvgIpc) is 3.27. The lowest BCUT2D eigenvalue weighted by atomic mass is 10.1. The second kappa shape index (κ2) is 10.4. The van der Waals surface area contributed by atoms with Crippen molar-refractivity contribution in [1.82, 2.24) is 10.2 Å². The first kappa shape index (κ1) is 24.1. The molecule has 1 aliphatic rings. The third-order valence-corrected chi connectivity index (χ3v) is 7.02. The second-order valence-electron chi connectivity index (χ2n) is 7.20. The predicted molar refractivity (Wildman–Crippen MR) is 123 cm³/mol. The standard InChI is InChI=1S/C22H22Cl2N2O5S/c1-31-20-8-5-17(24)13-19(20)22(28)26-11-9-15(14-26)21(27)25-10-2-12-32(29,30)18-6-3-16(23)4-7-18/h2-8,12-13,15H,9-11,14H2,1H3,(H,25,27)/b12-2+. The largest absolute Gasteiger partial charge is 0.496 e. The highest BCUT2D eigenvalue weighted by atomic mass is 35.5. The number of nitrogens with one attached hydrogen (secondary N) is 1. The van der Waals surface area contributed by atoms with Gasteiger partial charge in [-0.3, -0.25) is 9.59 Å². The van der Waals surface area contributed by atoms with Gasteiger partial charge in [-0.25, -0.2) is 8.42 Å².